The van der Waals surface area contributed by atoms with Crippen LogP contribution in [0.15, 0.2) is 36.4 Å². The van der Waals surface area contributed by atoms with Gasteiger partial charge in [-0.2, -0.15) is 5.26 Å². The molecule has 0 bridgehead atoms. The lowest BCUT2D eigenvalue weighted by Crippen LogP contribution is -2.36. The van der Waals surface area contributed by atoms with E-state index in [1.807, 2.05) is 30.9 Å². The van der Waals surface area contributed by atoms with Gasteiger partial charge in [0.1, 0.15) is 6.07 Å². The van der Waals surface area contributed by atoms with Gasteiger partial charge < -0.3 is 15.3 Å². The zero-order valence-electron chi connectivity index (χ0n) is 19.5. The lowest BCUT2D eigenvalue weighted by atomic mass is 9.91. The Morgan fingerprint density at radius 3 is 2.56 bits per heavy atom. The zero-order chi connectivity index (χ0) is 24.4. The zero-order valence-corrected chi connectivity index (χ0v) is 19.5. The first-order valence-electron chi connectivity index (χ1n) is 11.3. The van der Waals surface area contributed by atoms with Gasteiger partial charge in [0.15, 0.2) is 5.69 Å². The van der Waals surface area contributed by atoms with E-state index in [-0.39, 0.29) is 23.4 Å². The number of nitrogens with one attached hydrogen (secondary N) is 1. The number of hydrogen-bond donors (Lipinski definition) is 2. The molecule has 1 aliphatic heterocycles. The first kappa shape index (κ1) is 23.2. The highest BCUT2D eigenvalue weighted by Crippen LogP contribution is 2.33. The Balaban J connectivity index is 1.74. The molecule has 1 atom stereocenters. The molecule has 1 amide bonds. The van der Waals surface area contributed by atoms with Gasteiger partial charge in [-0.3, -0.25) is 4.79 Å². The van der Waals surface area contributed by atoms with Crippen LogP contribution in [-0.4, -0.2) is 44.9 Å². The summed E-state index contributed by atoms with van der Waals surface area (Å²) in [6.45, 7) is 6.75. The average Bonchev–Trinajstić information content (AvgIpc) is 2.82. The fourth-order valence-corrected chi connectivity index (χ4v) is 4.62. The highest BCUT2D eigenvalue weighted by molar-refractivity contribution is 5.94. The maximum atomic E-state index is 11.7. The molecule has 8 nitrogen and oxygen atoms in total. The number of amides is 1. The lowest BCUT2D eigenvalue weighted by molar-refractivity contribution is -0.129. The number of carboxylic acid groups (broad SMARTS) is 1. The number of hydrogen-bond acceptors (Lipinski definition) is 6. The first-order valence-corrected chi connectivity index (χ1v) is 11.3. The van der Waals surface area contributed by atoms with E-state index in [9.17, 15) is 20.0 Å². The number of aryl methyl sites for hydroxylation is 1. The number of nitrogens with zero attached hydrogens (tertiary/aromatic N) is 4. The third-order valence-corrected chi connectivity index (χ3v) is 6.40. The van der Waals surface area contributed by atoms with Crippen molar-refractivity contribution in [2.75, 3.05) is 18.4 Å². The van der Waals surface area contributed by atoms with E-state index >= 15 is 0 Å². The fraction of sp³-hybridized carbons (Fsp3) is 0.346. The largest absolute Gasteiger partial charge is 0.478 e. The van der Waals surface area contributed by atoms with Crippen LogP contribution in [0.3, 0.4) is 0 Å². The van der Waals surface area contributed by atoms with E-state index in [0.29, 0.717) is 41.2 Å². The number of para-hydroxylation sites is 1. The number of benzene rings is 2. The van der Waals surface area contributed by atoms with Gasteiger partial charge in [-0.15, -0.1) is 0 Å². The fourth-order valence-electron chi connectivity index (χ4n) is 4.62. The van der Waals surface area contributed by atoms with E-state index in [4.69, 9.17) is 4.98 Å². The number of fused-ring (bicyclic) bond motifs is 1. The number of rotatable bonds is 5. The molecule has 8 heteroatoms. The van der Waals surface area contributed by atoms with Crippen molar-refractivity contribution < 1.29 is 14.7 Å². The molecule has 0 spiro atoms. The van der Waals surface area contributed by atoms with Gasteiger partial charge in [-0.05, 0) is 50.5 Å². The lowest BCUT2D eigenvalue weighted by Gasteiger charge is -2.31. The second-order valence-corrected chi connectivity index (χ2v) is 8.79. The summed E-state index contributed by atoms with van der Waals surface area (Å²) in [6, 6.07) is 12.7. The summed E-state index contributed by atoms with van der Waals surface area (Å²) in [5.74, 6) is -0.891. The molecule has 0 saturated carbocycles. The summed E-state index contributed by atoms with van der Waals surface area (Å²) < 4.78 is 0. The smallest absolute Gasteiger partial charge is 0.337 e. The SMILES string of the molecule is CC(=O)N1CCC(c2nc3c([C@@H](C)Nc4ccccc4C(=O)O)cc(C)cc3nc2C#N)CC1. The molecule has 34 heavy (non-hydrogen) atoms. The molecule has 3 aromatic rings. The number of anilines is 1. The molecule has 2 heterocycles. The van der Waals surface area contributed by atoms with Crippen molar-refractivity contribution in [2.45, 2.75) is 45.6 Å². The van der Waals surface area contributed by atoms with E-state index in [0.717, 1.165) is 24.0 Å². The third-order valence-electron chi connectivity index (χ3n) is 6.40. The van der Waals surface area contributed by atoms with Crippen LogP contribution in [0.2, 0.25) is 0 Å². The monoisotopic (exact) mass is 457 g/mol. The van der Waals surface area contributed by atoms with Gasteiger partial charge in [0, 0.05) is 37.2 Å². The molecule has 1 aliphatic rings. The number of likely N-dealkylation sites (tertiary alicyclic amines) is 1. The van der Waals surface area contributed by atoms with Crippen molar-refractivity contribution in [3.05, 3.63) is 64.5 Å². The topological polar surface area (TPSA) is 119 Å². The van der Waals surface area contributed by atoms with Crippen molar-refractivity contribution >= 4 is 28.6 Å². The number of piperidine rings is 1. The Bertz CT molecular complexity index is 1310. The number of carbonyl (C=O) groups excluding carboxylic acids is 1. The molecule has 174 valence electrons. The number of carboxylic acids is 1. The van der Waals surface area contributed by atoms with Crippen molar-refractivity contribution in [1.82, 2.24) is 14.9 Å². The normalized spacial score (nSPS) is 15.1. The molecular weight excluding hydrogens is 430 g/mol. The van der Waals surface area contributed by atoms with Crippen LogP contribution in [0.1, 0.15) is 71.5 Å². The molecule has 1 saturated heterocycles. The molecule has 1 fully saturated rings. The Kier molecular flexibility index (Phi) is 6.46. The van der Waals surface area contributed by atoms with Crippen LogP contribution in [0.4, 0.5) is 5.69 Å². The predicted octanol–water partition coefficient (Wildman–Crippen LogP) is 4.41. The van der Waals surface area contributed by atoms with E-state index in [1.165, 1.54) is 0 Å². The van der Waals surface area contributed by atoms with Crippen molar-refractivity contribution in [3.8, 4) is 6.07 Å². The number of aromatic nitrogens is 2. The van der Waals surface area contributed by atoms with Crippen LogP contribution in [0, 0.1) is 18.3 Å². The van der Waals surface area contributed by atoms with Gasteiger partial charge in [0.25, 0.3) is 0 Å². The van der Waals surface area contributed by atoms with E-state index < -0.39 is 5.97 Å². The summed E-state index contributed by atoms with van der Waals surface area (Å²) >= 11 is 0. The minimum Gasteiger partial charge on any atom is -0.478 e. The van der Waals surface area contributed by atoms with Gasteiger partial charge in [-0.1, -0.05) is 18.2 Å². The van der Waals surface area contributed by atoms with Crippen molar-refractivity contribution in [1.29, 1.82) is 5.26 Å². The van der Waals surface area contributed by atoms with Crippen molar-refractivity contribution in [2.24, 2.45) is 0 Å². The standard InChI is InChI=1S/C26H27N5O3/c1-15-12-20(16(2)28-21-7-5-4-6-19(21)26(33)34)25-22(13-15)29-23(14-27)24(30-25)18-8-10-31(11-9-18)17(3)32/h4-7,12-13,16,18,28H,8-11H2,1-3H3,(H,33,34)/t16-/m1/s1. The summed E-state index contributed by atoms with van der Waals surface area (Å²) in [6.07, 6.45) is 1.46. The molecule has 2 N–H and O–H groups in total. The molecule has 4 rings (SSSR count). The van der Waals surface area contributed by atoms with Crippen LogP contribution in [0.25, 0.3) is 11.0 Å². The first-order chi connectivity index (χ1) is 16.3. The maximum absolute atomic E-state index is 11.7. The minimum absolute atomic E-state index is 0.0484. The van der Waals surface area contributed by atoms with Crippen LogP contribution in [0.5, 0.6) is 0 Å². The molecule has 0 radical (unpaired) electrons. The summed E-state index contributed by atoms with van der Waals surface area (Å²) in [5.41, 5.74) is 4.90. The van der Waals surface area contributed by atoms with Crippen LogP contribution in [-0.2, 0) is 4.79 Å². The molecule has 2 aromatic carbocycles. The minimum atomic E-state index is -0.998. The quantitative estimate of drug-likeness (QED) is 0.582. The maximum Gasteiger partial charge on any atom is 0.337 e. The highest BCUT2D eigenvalue weighted by Gasteiger charge is 2.27. The highest BCUT2D eigenvalue weighted by atomic mass is 16.4. The Morgan fingerprint density at radius 1 is 1.21 bits per heavy atom. The van der Waals surface area contributed by atoms with Gasteiger partial charge >= 0.3 is 5.97 Å². The molecule has 0 aliphatic carbocycles. The second-order valence-electron chi connectivity index (χ2n) is 8.79. The predicted molar refractivity (Wildman–Crippen MR) is 129 cm³/mol. The second kappa shape index (κ2) is 9.48. The van der Waals surface area contributed by atoms with Gasteiger partial charge in [-0.25, -0.2) is 14.8 Å². The Labute approximate surface area is 198 Å². The van der Waals surface area contributed by atoms with Crippen LogP contribution < -0.4 is 5.32 Å². The Morgan fingerprint density at radius 2 is 1.91 bits per heavy atom. The number of aromatic carboxylic acids is 1. The Hall–Kier alpha value is -3.99. The average molecular weight is 458 g/mol. The third kappa shape index (κ3) is 4.55. The van der Waals surface area contributed by atoms with Gasteiger partial charge in [0.2, 0.25) is 5.91 Å². The van der Waals surface area contributed by atoms with E-state index in [2.05, 4.69) is 16.4 Å². The van der Waals surface area contributed by atoms with Crippen molar-refractivity contribution in [3.63, 3.8) is 0 Å². The van der Waals surface area contributed by atoms with E-state index in [1.54, 1.807) is 31.2 Å². The molecule has 1 aromatic heterocycles. The summed E-state index contributed by atoms with van der Waals surface area (Å²) in [7, 11) is 0. The molecular formula is C26H27N5O3. The number of nitriles is 1. The summed E-state index contributed by atoms with van der Waals surface area (Å²) in [4.78, 5) is 34.8. The molecule has 0 unspecified atom stereocenters. The summed E-state index contributed by atoms with van der Waals surface area (Å²) in [5, 5.41) is 22.6. The van der Waals surface area contributed by atoms with Crippen LogP contribution >= 0.6 is 0 Å². The van der Waals surface area contributed by atoms with Gasteiger partial charge in [0.05, 0.1) is 28.3 Å². The number of carbonyl (C=O) groups is 2.